The van der Waals surface area contributed by atoms with Gasteiger partial charge in [0.05, 0.1) is 0 Å². The van der Waals surface area contributed by atoms with E-state index in [1.54, 1.807) is 19.2 Å². The first-order valence-electron chi connectivity index (χ1n) is 6.31. The minimum Gasteiger partial charge on any atom is -0.451 e. The van der Waals surface area contributed by atoms with Crippen LogP contribution in [0, 0.1) is 19.7 Å². The molecule has 102 valence electrons. The molecule has 0 saturated heterocycles. The first-order valence-corrected chi connectivity index (χ1v) is 6.31. The van der Waals surface area contributed by atoms with E-state index in [9.17, 15) is 4.39 Å². The first-order chi connectivity index (χ1) is 9.60. The molecule has 2 heterocycles. The van der Waals surface area contributed by atoms with Gasteiger partial charge in [-0.05, 0) is 26.0 Å². The van der Waals surface area contributed by atoms with Gasteiger partial charge >= 0.3 is 0 Å². The van der Waals surface area contributed by atoms with E-state index in [1.807, 2.05) is 19.9 Å². The molecule has 3 rings (SSSR count). The van der Waals surface area contributed by atoms with Crippen LogP contribution >= 0.6 is 0 Å². The Morgan fingerprint density at radius 2 is 2.00 bits per heavy atom. The van der Waals surface area contributed by atoms with Gasteiger partial charge in [-0.1, -0.05) is 12.1 Å². The fourth-order valence-corrected chi connectivity index (χ4v) is 2.26. The minimum absolute atomic E-state index is 0.254. The van der Waals surface area contributed by atoms with Gasteiger partial charge in [0.15, 0.2) is 17.2 Å². The zero-order valence-corrected chi connectivity index (χ0v) is 11.5. The van der Waals surface area contributed by atoms with Crippen molar-refractivity contribution < 1.29 is 8.81 Å². The molecular formula is C15H14FN3O. The maximum Gasteiger partial charge on any atom is 0.170 e. The van der Waals surface area contributed by atoms with Gasteiger partial charge in [0.25, 0.3) is 0 Å². The molecule has 20 heavy (non-hydrogen) atoms. The first kappa shape index (κ1) is 12.6. The van der Waals surface area contributed by atoms with Gasteiger partial charge < -0.3 is 9.73 Å². The number of furan rings is 1. The predicted molar refractivity (Wildman–Crippen MR) is 76.2 cm³/mol. The molecule has 0 atom stereocenters. The number of anilines is 1. The largest absolute Gasteiger partial charge is 0.451 e. The van der Waals surface area contributed by atoms with Crippen LogP contribution in [-0.2, 0) is 0 Å². The van der Waals surface area contributed by atoms with Gasteiger partial charge in [-0.3, -0.25) is 0 Å². The zero-order valence-electron chi connectivity index (χ0n) is 11.5. The summed E-state index contributed by atoms with van der Waals surface area (Å²) in [6.07, 6.45) is 0. The molecule has 0 aliphatic heterocycles. The van der Waals surface area contributed by atoms with E-state index in [0.29, 0.717) is 17.3 Å². The van der Waals surface area contributed by atoms with Gasteiger partial charge in [0.2, 0.25) is 0 Å². The number of halogens is 1. The Morgan fingerprint density at radius 1 is 1.20 bits per heavy atom. The highest BCUT2D eigenvalue weighted by Gasteiger charge is 2.15. The minimum atomic E-state index is -0.369. The van der Waals surface area contributed by atoms with Crippen molar-refractivity contribution in [2.75, 3.05) is 12.4 Å². The highest BCUT2D eigenvalue weighted by Crippen LogP contribution is 2.31. The number of fused-ring (bicyclic) bond motifs is 1. The lowest BCUT2D eigenvalue weighted by atomic mass is 10.1. The molecule has 4 nitrogen and oxygen atoms in total. The maximum absolute atomic E-state index is 13.7. The van der Waals surface area contributed by atoms with Crippen LogP contribution in [0.15, 0.2) is 28.7 Å². The van der Waals surface area contributed by atoms with E-state index in [0.717, 1.165) is 16.8 Å². The second kappa shape index (κ2) is 4.59. The Kier molecular flexibility index (Phi) is 2.89. The molecule has 0 fully saturated rings. The van der Waals surface area contributed by atoms with Gasteiger partial charge in [-0.15, -0.1) is 0 Å². The topological polar surface area (TPSA) is 51.0 Å². The molecule has 0 aliphatic rings. The fraction of sp³-hybridized carbons (Fsp3) is 0.200. The lowest BCUT2D eigenvalue weighted by Gasteiger charge is -2.08. The van der Waals surface area contributed by atoms with Crippen LogP contribution in [0.25, 0.3) is 22.4 Å². The fourth-order valence-electron chi connectivity index (χ4n) is 2.26. The summed E-state index contributed by atoms with van der Waals surface area (Å²) in [5.41, 5.74) is 1.80. The molecule has 3 aromatic rings. The summed E-state index contributed by atoms with van der Waals surface area (Å²) in [5, 5.41) is 3.75. The van der Waals surface area contributed by atoms with Crippen LogP contribution < -0.4 is 5.32 Å². The summed E-state index contributed by atoms with van der Waals surface area (Å²) < 4.78 is 19.3. The Bertz CT molecular complexity index is 795. The van der Waals surface area contributed by atoms with Crippen LogP contribution in [0.4, 0.5) is 10.2 Å². The average molecular weight is 271 g/mol. The smallest absolute Gasteiger partial charge is 0.170 e. The van der Waals surface area contributed by atoms with Crippen molar-refractivity contribution in [2.45, 2.75) is 13.8 Å². The molecule has 0 aliphatic carbocycles. The summed E-state index contributed by atoms with van der Waals surface area (Å²) in [6.45, 7) is 3.72. The normalized spacial score (nSPS) is 11.0. The molecule has 0 saturated carbocycles. The molecular weight excluding hydrogens is 257 g/mol. The molecule has 5 heteroatoms. The Morgan fingerprint density at radius 3 is 2.70 bits per heavy atom. The quantitative estimate of drug-likeness (QED) is 0.772. The van der Waals surface area contributed by atoms with E-state index >= 15 is 0 Å². The lowest BCUT2D eigenvalue weighted by molar-refractivity contribution is 0.567. The Balaban J connectivity index is 2.25. The number of aryl methyl sites for hydroxylation is 1. The molecule has 0 radical (unpaired) electrons. The molecule has 1 N–H and O–H groups in total. The van der Waals surface area contributed by atoms with Gasteiger partial charge in [-0.25, -0.2) is 14.4 Å². The SMILES string of the molecule is CNc1nc(C)nc(-c2cc3cccc(F)c3o2)c1C. The van der Waals surface area contributed by atoms with Crippen LogP contribution in [0.3, 0.4) is 0 Å². The summed E-state index contributed by atoms with van der Waals surface area (Å²) in [4.78, 5) is 8.72. The van der Waals surface area contributed by atoms with Crippen molar-refractivity contribution in [3.63, 3.8) is 0 Å². The third-order valence-electron chi connectivity index (χ3n) is 3.22. The third kappa shape index (κ3) is 1.91. The van der Waals surface area contributed by atoms with E-state index < -0.39 is 0 Å². The number of hydrogen-bond acceptors (Lipinski definition) is 4. The van der Waals surface area contributed by atoms with Crippen LogP contribution in [-0.4, -0.2) is 17.0 Å². The van der Waals surface area contributed by atoms with E-state index in [1.165, 1.54) is 6.07 Å². The van der Waals surface area contributed by atoms with Crippen molar-refractivity contribution >= 4 is 16.8 Å². The lowest BCUT2D eigenvalue weighted by Crippen LogP contribution is -2.02. The third-order valence-corrected chi connectivity index (χ3v) is 3.22. The van der Waals surface area contributed by atoms with Gasteiger partial charge in [0.1, 0.15) is 17.3 Å². The highest BCUT2D eigenvalue weighted by atomic mass is 19.1. The van der Waals surface area contributed by atoms with Crippen LogP contribution in [0.1, 0.15) is 11.4 Å². The van der Waals surface area contributed by atoms with Crippen molar-refractivity contribution in [3.05, 3.63) is 41.5 Å². The second-order valence-electron chi connectivity index (χ2n) is 4.61. The zero-order chi connectivity index (χ0) is 14.3. The number of hydrogen-bond donors (Lipinski definition) is 1. The Hall–Kier alpha value is -2.43. The summed E-state index contributed by atoms with van der Waals surface area (Å²) in [6, 6.07) is 6.65. The number of aromatic nitrogens is 2. The molecule has 0 amide bonds. The monoisotopic (exact) mass is 271 g/mol. The van der Waals surface area contributed by atoms with Crippen molar-refractivity contribution in [3.8, 4) is 11.5 Å². The number of para-hydroxylation sites is 1. The van der Waals surface area contributed by atoms with Crippen LogP contribution in [0.5, 0.6) is 0 Å². The van der Waals surface area contributed by atoms with E-state index in [2.05, 4.69) is 15.3 Å². The van der Waals surface area contributed by atoms with Gasteiger partial charge in [-0.2, -0.15) is 0 Å². The summed E-state index contributed by atoms with van der Waals surface area (Å²) >= 11 is 0. The molecule has 0 bridgehead atoms. The van der Waals surface area contributed by atoms with E-state index in [-0.39, 0.29) is 11.4 Å². The average Bonchev–Trinajstić information content (AvgIpc) is 2.86. The standard InChI is InChI=1S/C15H14FN3O/c1-8-13(18-9(2)19-15(8)17-3)12-7-10-5-4-6-11(16)14(10)20-12/h4-7H,1-3H3,(H,17,18,19). The summed E-state index contributed by atoms with van der Waals surface area (Å²) in [7, 11) is 1.80. The molecule has 1 aromatic carbocycles. The molecule has 0 unspecified atom stereocenters. The summed E-state index contributed by atoms with van der Waals surface area (Å²) in [5.74, 6) is 1.56. The number of nitrogens with zero attached hydrogens (tertiary/aromatic N) is 2. The number of rotatable bonds is 2. The maximum atomic E-state index is 13.7. The Labute approximate surface area is 115 Å². The van der Waals surface area contributed by atoms with E-state index in [4.69, 9.17) is 4.42 Å². The number of benzene rings is 1. The second-order valence-corrected chi connectivity index (χ2v) is 4.61. The van der Waals surface area contributed by atoms with Crippen molar-refractivity contribution in [2.24, 2.45) is 0 Å². The highest BCUT2D eigenvalue weighted by molar-refractivity contribution is 5.83. The van der Waals surface area contributed by atoms with Crippen molar-refractivity contribution in [1.29, 1.82) is 0 Å². The van der Waals surface area contributed by atoms with Crippen molar-refractivity contribution in [1.82, 2.24) is 9.97 Å². The predicted octanol–water partition coefficient (Wildman–Crippen LogP) is 3.69. The van der Waals surface area contributed by atoms with Gasteiger partial charge in [0, 0.05) is 18.0 Å². The van der Waals surface area contributed by atoms with Crippen LogP contribution in [0.2, 0.25) is 0 Å². The molecule has 2 aromatic heterocycles. The number of nitrogens with one attached hydrogen (secondary N) is 1. The molecule has 0 spiro atoms.